The van der Waals surface area contributed by atoms with E-state index in [0.29, 0.717) is 17.8 Å². The van der Waals surface area contributed by atoms with Crippen molar-refractivity contribution in [1.82, 2.24) is 9.78 Å². The summed E-state index contributed by atoms with van der Waals surface area (Å²) >= 11 is 0. The van der Waals surface area contributed by atoms with Gasteiger partial charge >= 0.3 is 0 Å². The van der Waals surface area contributed by atoms with Crippen LogP contribution in [0.3, 0.4) is 0 Å². The maximum absolute atomic E-state index is 12.8. The number of nitrogens with zero attached hydrogens (tertiary/aromatic N) is 2. The highest BCUT2D eigenvalue weighted by atomic mass is 32.2. The molecule has 0 saturated heterocycles. The number of sulfonamides is 1. The molecule has 2 aromatic rings. The van der Waals surface area contributed by atoms with Gasteiger partial charge in [-0.2, -0.15) is 5.10 Å². The van der Waals surface area contributed by atoms with E-state index in [1.165, 1.54) is 12.1 Å². The van der Waals surface area contributed by atoms with Crippen molar-refractivity contribution in [3.8, 4) is 0 Å². The Hall–Kier alpha value is -1.89. The first-order chi connectivity index (χ1) is 8.92. The Morgan fingerprint density at radius 1 is 1.32 bits per heavy atom. The highest BCUT2D eigenvalue weighted by Crippen LogP contribution is 2.19. The highest BCUT2D eigenvalue weighted by Gasteiger charge is 2.17. The van der Waals surface area contributed by atoms with Crippen LogP contribution in [0.15, 0.2) is 35.4 Å². The Balaban J connectivity index is 2.33. The molecule has 5 nitrogen and oxygen atoms in total. The number of nitrogens with one attached hydrogen (secondary N) is 1. The van der Waals surface area contributed by atoms with E-state index in [4.69, 9.17) is 0 Å². The van der Waals surface area contributed by atoms with E-state index in [0.717, 1.165) is 12.1 Å². The van der Waals surface area contributed by atoms with Crippen molar-refractivity contribution in [2.45, 2.75) is 18.2 Å². The van der Waals surface area contributed by atoms with Crippen molar-refractivity contribution >= 4 is 15.7 Å². The topological polar surface area (TPSA) is 64.0 Å². The number of aromatic nitrogens is 2. The van der Waals surface area contributed by atoms with Gasteiger partial charge in [-0.15, -0.1) is 0 Å². The molecule has 0 bridgehead atoms. The Morgan fingerprint density at radius 2 is 1.95 bits per heavy atom. The number of aryl methyl sites for hydroxylation is 2. The molecule has 1 aromatic carbocycles. The standard InChI is InChI=1S/C12H14FN3O2S/c1-3-11-12(8-16(2)14-11)15-19(17,18)10-6-4-9(13)5-7-10/h4-8,15H,3H2,1-2H3. The van der Waals surface area contributed by atoms with Crippen LogP contribution in [0.2, 0.25) is 0 Å². The summed E-state index contributed by atoms with van der Waals surface area (Å²) in [5.41, 5.74) is 1.10. The number of hydrogen-bond donors (Lipinski definition) is 1. The van der Waals surface area contributed by atoms with Gasteiger partial charge in [0.25, 0.3) is 10.0 Å². The largest absolute Gasteiger partial charge is 0.276 e. The molecule has 7 heteroatoms. The van der Waals surface area contributed by atoms with Gasteiger partial charge in [-0.1, -0.05) is 6.92 Å². The van der Waals surface area contributed by atoms with Crippen molar-refractivity contribution in [2.24, 2.45) is 7.05 Å². The number of benzene rings is 1. The molecule has 1 heterocycles. The van der Waals surface area contributed by atoms with E-state index < -0.39 is 15.8 Å². The SMILES string of the molecule is CCc1nn(C)cc1NS(=O)(=O)c1ccc(F)cc1. The second kappa shape index (κ2) is 5.00. The van der Waals surface area contributed by atoms with Crippen LogP contribution in [0.1, 0.15) is 12.6 Å². The Kier molecular flexibility index (Phi) is 3.57. The summed E-state index contributed by atoms with van der Waals surface area (Å²) in [5, 5.41) is 4.15. The fourth-order valence-corrected chi connectivity index (χ4v) is 2.77. The third-order valence-electron chi connectivity index (χ3n) is 2.61. The third-order valence-corrected chi connectivity index (χ3v) is 3.99. The molecule has 0 spiro atoms. The van der Waals surface area contributed by atoms with Crippen LogP contribution in [0.25, 0.3) is 0 Å². The Morgan fingerprint density at radius 3 is 2.53 bits per heavy atom. The van der Waals surface area contributed by atoms with Crippen molar-refractivity contribution in [2.75, 3.05) is 4.72 Å². The predicted octanol–water partition coefficient (Wildman–Crippen LogP) is 1.92. The van der Waals surface area contributed by atoms with Crippen LogP contribution in [-0.4, -0.2) is 18.2 Å². The molecule has 1 N–H and O–H groups in total. The van der Waals surface area contributed by atoms with E-state index in [1.54, 1.807) is 17.9 Å². The third kappa shape index (κ3) is 2.93. The predicted molar refractivity (Wildman–Crippen MR) is 69.8 cm³/mol. The Bertz CT molecular complexity index is 678. The molecule has 1 aromatic heterocycles. The molecule has 0 saturated carbocycles. The van der Waals surface area contributed by atoms with Gasteiger partial charge in [-0.25, -0.2) is 12.8 Å². The zero-order valence-corrected chi connectivity index (χ0v) is 11.4. The highest BCUT2D eigenvalue weighted by molar-refractivity contribution is 7.92. The van der Waals surface area contributed by atoms with E-state index in [1.807, 2.05) is 6.92 Å². The molecule has 102 valence electrons. The van der Waals surface area contributed by atoms with Crippen molar-refractivity contribution in [3.05, 3.63) is 42.0 Å². The van der Waals surface area contributed by atoms with E-state index in [9.17, 15) is 12.8 Å². The summed E-state index contributed by atoms with van der Waals surface area (Å²) in [4.78, 5) is 0.0137. The van der Waals surface area contributed by atoms with E-state index >= 15 is 0 Å². The minimum absolute atomic E-state index is 0.0137. The van der Waals surface area contributed by atoms with Gasteiger partial charge in [-0.3, -0.25) is 9.40 Å². The first kappa shape index (κ1) is 13.5. The van der Waals surface area contributed by atoms with Gasteiger partial charge in [0.15, 0.2) is 0 Å². The van der Waals surface area contributed by atoms with Crippen molar-refractivity contribution in [1.29, 1.82) is 0 Å². The van der Waals surface area contributed by atoms with Crippen LogP contribution >= 0.6 is 0 Å². The van der Waals surface area contributed by atoms with Gasteiger partial charge in [0, 0.05) is 13.2 Å². The fourth-order valence-electron chi connectivity index (χ4n) is 1.70. The maximum atomic E-state index is 12.8. The lowest BCUT2D eigenvalue weighted by Gasteiger charge is -2.07. The van der Waals surface area contributed by atoms with Crippen LogP contribution in [-0.2, 0) is 23.5 Å². The first-order valence-corrected chi connectivity index (χ1v) is 7.21. The molecule has 0 amide bonds. The molecular weight excluding hydrogens is 269 g/mol. The summed E-state index contributed by atoms with van der Waals surface area (Å²) in [7, 11) is -2.00. The lowest BCUT2D eigenvalue weighted by molar-refractivity contribution is 0.599. The van der Waals surface area contributed by atoms with Gasteiger partial charge < -0.3 is 0 Å². The second-order valence-electron chi connectivity index (χ2n) is 4.08. The lowest BCUT2D eigenvalue weighted by atomic mass is 10.3. The first-order valence-electron chi connectivity index (χ1n) is 5.73. The zero-order chi connectivity index (χ0) is 14.0. The van der Waals surface area contributed by atoms with Gasteiger partial charge in [0.1, 0.15) is 5.82 Å². The maximum Gasteiger partial charge on any atom is 0.262 e. The Labute approximate surface area is 111 Å². The quantitative estimate of drug-likeness (QED) is 0.932. The fraction of sp³-hybridized carbons (Fsp3) is 0.250. The molecule has 0 aliphatic carbocycles. The van der Waals surface area contributed by atoms with Gasteiger partial charge in [-0.05, 0) is 30.7 Å². The van der Waals surface area contributed by atoms with Gasteiger partial charge in [0.2, 0.25) is 0 Å². The average Bonchev–Trinajstić information content (AvgIpc) is 2.69. The summed E-state index contributed by atoms with van der Waals surface area (Å²) in [5.74, 6) is -0.477. The summed E-state index contributed by atoms with van der Waals surface area (Å²) in [6.07, 6.45) is 2.21. The van der Waals surface area contributed by atoms with Crippen molar-refractivity contribution < 1.29 is 12.8 Å². The molecule has 19 heavy (non-hydrogen) atoms. The van der Waals surface area contributed by atoms with Crippen molar-refractivity contribution in [3.63, 3.8) is 0 Å². The molecule has 2 rings (SSSR count). The lowest BCUT2D eigenvalue weighted by Crippen LogP contribution is -2.13. The molecule has 0 unspecified atom stereocenters. The second-order valence-corrected chi connectivity index (χ2v) is 5.76. The van der Waals surface area contributed by atoms with Gasteiger partial charge in [0.05, 0.1) is 16.3 Å². The van der Waals surface area contributed by atoms with Crippen LogP contribution in [0, 0.1) is 5.82 Å². The number of halogens is 1. The zero-order valence-electron chi connectivity index (χ0n) is 10.6. The number of rotatable bonds is 4. The van der Waals surface area contributed by atoms with Crippen LogP contribution in [0.4, 0.5) is 10.1 Å². The van der Waals surface area contributed by atoms with E-state index in [2.05, 4.69) is 9.82 Å². The summed E-state index contributed by atoms with van der Waals surface area (Å²) in [6, 6.07) is 4.66. The minimum atomic E-state index is -3.72. The average molecular weight is 283 g/mol. The summed E-state index contributed by atoms with van der Waals surface area (Å²) < 4.78 is 41.0. The van der Waals surface area contributed by atoms with Crippen LogP contribution in [0.5, 0.6) is 0 Å². The molecule has 0 fully saturated rings. The van der Waals surface area contributed by atoms with Crippen LogP contribution < -0.4 is 4.72 Å². The minimum Gasteiger partial charge on any atom is -0.276 e. The smallest absolute Gasteiger partial charge is 0.262 e. The molecular formula is C12H14FN3O2S. The molecule has 0 radical (unpaired) electrons. The molecule has 0 aliphatic heterocycles. The molecule has 0 atom stereocenters. The summed E-state index contributed by atoms with van der Waals surface area (Å²) in [6.45, 7) is 1.89. The molecule has 0 aliphatic rings. The van der Waals surface area contributed by atoms with E-state index in [-0.39, 0.29) is 4.90 Å². The number of anilines is 1. The normalized spacial score (nSPS) is 11.5. The number of hydrogen-bond acceptors (Lipinski definition) is 3. The monoisotopic (exact) mass is 283 g/mol.